The molecule has 1 aromatic carbocycles. The summed E-state index contributed by atoms with van der Waals surface area (Å²) in [6.07, 6.45) is 6.93. The maximum Gasteiger partial charge on any atom is 0.307 e. The van der Waals surface area contributed by atoms with Crippen LogP contribution in [0.1, 0.15) is 29.6 Å². The van der Waals surface area contributed by atoms with E-state index in [4.69, 9.17) is 6.42 Å². The highest BCUT2D eigenvalue weighted by Crippen LogP contribution is 2.21. The quantitative estimate of drug-likeness (QED) is 0.377. The number of benzene rings is 1. The topological polar surface area (TPSA) is 72.2 Å². The molecule has 20 heavy (non-hydrogen) atoms. The van der Waals surface area contributed by atoms with E-state index in [1.54, 1.807) is 0 Å². The van der Waals surface area contributed by atoms with E-state index in [1.807, 2.05) is 0 Å². The van der Waals surface area contributed by atoms with Gasteiger partial charge in [-0.2, -0.15) is 4.39 Å². The molecular weight excluding hydrogens is 270 g/mol. The number of unbranched alkanes of at least 4 members (excludes halogenated alkanes) is 2. The third kappa shape index (κ3) is 4.02. The van der Waals surface area contributed by atoms with Crippen molar-refractivity contribution in [1.29, 1.82) is 0 Å². The zero-order valence-corrected chi connectivity index (χ0v) is 10.5. The van der Waals surface area contributed by atoms with E-state index < -0.39 is 33.7 Å². The number of terminal acetylenes is 1. The third-order valence-corrected chi connectivity index (χ3v) is 2.51. The Morgan fingerprint density at radius 1 is 1.35 bits per heavy atom. The number of carbonyl (C=O) groups excluding carboxylic acids is 1. The zero-order valence-electron chi connectivity index (χ0n) is 10.5. The highest BCUT2D eigenvalue weighted by Gasteiger charge is 2.21. The molecule has 0 unspecified atom stereocenters. The van der Waals surface area contributed by atoms with Gasteiger partial charge in [-0.1, -0.05) is 0 Å². The summed E-state index contributed by atoms with van der Waals surface area (Å²) in [5.74, 6) is -0.783. The highest BCUT2D eigenvalue weighted by molar-refractivity contribution is 5.94. The van der Waals surface area contributed by atoms with Crippen molar-refractivity contribution in [1.82, 2.24) is 5.32 Å². The minimum Gasteiger partial charge on any atom is -0.352 e. The second kappa shape index (κ2) is 7.19. The van der Waals surface area contributed by atoms with Gasteiger partial charge in [0.1, 0.15) is 5.82 Å². The van der Waals surface area contributed by atoms with Gasteiger partial charge in [-0.05, 0) is 18.9 Å². The molecule has 1 aromatic rings. The molecule has 1 N–H and O–H groups in total. The maximum absolute atomic E-state index is 13.5. The van der Waals surface area contributed by atoms with E-state index in [9.17, 15) is 23.7 Å². The molecule has 0 radical (unpaired) electrons. The van der Waals surface area contributed by atoms with Crippen LogP contribution < -0.4 is 5.32 Å². The van der Waals surface area contributed by atoms with Crippen LogP contribution in [0.2, 0.25) is 0 Å². The largest absolute Gasteiger partial charge is 0.352 e. The normalized spacial score (nSPS) is 9.85. The van der Waals surface area contributed by atoms with Gasteiger partial charge in [-0.25, -0.2) is 4.39 Å². The van der Waals surface area contributed by atoms with Gasteiger partial charge >= 0.3 is 5.69 Å². The molecule has 0 spiro atoms. The molecule has 7 heteroatoms. The van der Waals surface area contributed by atoms with E-state index in [-0.39, 0.29) is 6.54 Å². The second-order valence-electron chi connectivity index (χ2n) is 3.96. The van der Waals surface area contributed by atoms with E-state index in [0.717, 1.165) is 0 Å². The van der Waals surface area contributed by atoms with E-state index in [1.165, 1.54) is 0 Å². The Morgan fingerprint density at radius 2 is 2.05 bits per heavy atom. The Hall–Kier alpha value is -2.49. The van der Waals surface area contributed by atoms with Crippen LogP contribution in [0.25, 0.3) is 0 Å². The number of hydrogen-bond donors (Lipinski definition) is 1. The fourth-order valence-corrected chi connectivity index (χ4v) is 1.50. The molecule has 0 atom stereocenters. The Kier molecular flexibility index (Phi) is 5.59. The van der Waals surface area contributed by atoms with Crippen molar-refractivity contribution >= 4 is 11.6 Å². The van der Waals surface area contributed by atoms with E-state index in [2.05, 4.69) is 11.2 Å². The summed E-state index contributed by atoms with van der Waals surface area (Å²) in [5.41, 5.74) is -1.57. The standard InChI is InChI=1S/C13H12F2N2O3/c1-2-3-4-5-6-16-13(18)9-7-11(15)12(17(19)20)8-10(9)14/h1,7-8H,3-6H2,(H,16,18). The monoisotopic (exact) mass is 282 g/mol. The lowest BCUT2D eigenvalue weighted by Crippen LogP contribution is -2.25. The number of amides is 1. The molecule has 0 fully saturated rings. The molecule has 0 bridgehead atoms. The average molecular weight is 282 g/mol. The molecular formula is C13H12F2N2O3. The molecule has 0 aliphatic rings. The second-order valence-corrected chi connectivity index (χ2v) is 3.96. The van der Waals surface area contributed by atoms with Gasteiger partial charge in [0.05, 0.1) is 16.6 Å². The predicted octanol–water partition coefficient (Wildman–Crippen LogP) is 2.41. The minimum atomic E-state index is -1.26. The number of carbonyl (C=O) groups is 1. The van der Waals surface area contributed by atoms with Crippen molar-refractivity contribution in [3.05, 3.63) is 39.4 Å². The number of rotatable bonds is 6. The summed E-state index contributed by atoms with van der Waals surface area (Å²) in [7, 11) is 0. The summed E-state index contributed by atoms with van der Waals surface area (Å²) < 4.78 is 26.8. The Balaban J connectivity index is 2.72. The van der Waals surface area contributed by atoms with Crippen molar-refractivity contribution in [3.63, 3.8) is 0 Å². The molecule has 0 heterocycles. The Bertz CT molecular complexity index is 567. The molecule has 1 amide bonds. The van der Waals surface area contributed by atoms with Gasteiger partial charge in [0.2, 0.25) is 5.82 Å². The first-order valence-electron chi connectivity index (χ1n) is 5.82. The van der Waals surface area contributed by atoms with Crippen molar-refractivity contribution in [2.24, 2.45) is 0 Å². The molecule has 5 nitrogen and oxygen atoms in total. The Morgan fingerprint density at radius 3 is 2.65 bits per heavy atom. The van der Waals surface area contributed by atoms with Crippen LogP contribution in [0.4, 0.5) is 14.5 Å². The van der Waals surface area contributed by atoms with E-state index >= 15 is 0 Å². The highest BCUT2D eigenvalue weighted by atomic mass is 19.1. The first kappa shape index (κ1) is 15.6. The number of nitro benzene ring substituents is 1. The zero-order chi connectivity index (χ0) is 15.1. The van der Waals surface area contributed by atoms with Crippen LogP contribution in [-0.4, -0.2) is 17.4 Å². The molecule has 0 saturated carbocycles. The van der Waals surface area contributed by atoms with Crippen LogP contribution in [-0.2, 0) is 0 Å². The predicted molar refractivity (Wildman–Crippen MR) is 68.0 cm³/mol. The van der Waals surface area contributed by atoms with Crippen molar-refractivity contribution in [2.45, 2.75) is 19.3 Å². The SMILES string of the molecule is C#CCCCCNC(=O)c1cc(F)c([N+](=O)[O-])cc1F. The van der Waals surface area contributed by atoms with Gasteiger partial charge in [-0.3, -0.25) is 14.9 Å². The molecule has 0 aliphatic carbocycles. The van der Waals surface area contributed by atoms with Crippen LogP contribution in [0, 0.1) is 34.1 Å². The lowest BCUT2D eigenvalue weighted by atomic mass is 10.1. The summed E-state index contributed by atoms with van der Waals surface area (Å²) >= 11 is 0. The fourth-order valence-electron chi connectivity index (χ4n) is 1.50. The van der Waals surface area contributed by atoms with Gasteiger partial charge in [-0.15, -0.1) is 12.3 Å². The number of halogens is 2. The van der Waals surface area contributed by atoms with Crippen molar-refractivity contribution in [3.8, 4) is 12.3 Å². The van der Waals surface area contributed by atoms with Crippen LogP contribution in [0.5, 0.6) is 0 Å². The summed E-state index contributed by atoms with van der Waals surface area (Å²) in [6, 6.07) is 0.910. The number of nitrogens with one attached hydrogen (secondary N) is 1. The molecule has 0 saturated heterocycles. The van der Waals surface area contributed by atoms with Crippen LogP contribution in [0.3, 0.4) is 0 Å². The summed E-state index contributed by atoms with van der Waals surface area (Å²) in [4.78, 5) is 21.0. The summed E-state index contributed by atoms with van der Waals surface area (Å²) in [6.45, 7) is 0.262. The molecule has 0 aromatic heterocycles. The molecule has 1 rings (SSSR count). The van der Waals surface area contributed by atoms with Crippen LogP contribution in [0.15, 0.2) is 12.1 Å². The lowest BCUT2D eigenvalue weighted by molar-refractivity contribution is -0.387. The van der Waals surface area contributed by atoms with Crippen LogP contribution >= 0.6 is 0 Å². The van der Waals surface area contributed by atoms with Gasteiger partial charge in [0, 0.05) is 13.0 Å². The maximum atomic E-state index is 13.5. The molecule has 0 aliphatic heterocycles. The van der Waals surface area contributed by atoms with Crippen molar-refractivity contribution < 1.29 is 18.5 Å². The first-order valence-corrected chi connectivity index (χ1v) is 5.82. The smallest absolute Gasteiger partial charge is 0.307 e. The minimum absolute atomic E-state index is 0.262. The van der Waals surface area contributed by atoms with Gasteiger partial charge < -0.3 is 5.32 Å². The van der Waals surface area contributed by atoms with Crippen molar-refractivity contribution in [2.75, 3.05) is 6.54 Å². The molecule has 106 valence electrons. The first-order chi connectivity index (χ1) is 9.47. The third-order valence-electron chi connectivity index (χ3n) is 2.51. The van der Waals surface area contributed by atoms with Gasteiger partial charge in [0.25, 0.3) is 5.91 Å². The van der Waals surface area contributed by atoms with Gasteiger partial charge in [0.15, 0.2) is 0 Å². The number of hydrogen-bond acceptors (Lipinski definition) is 3. The number of nitrogens with zero attached hydrogens (tertiary/aromatic N) is 1. The van der Waals surface area contributed by atoms with E-state index in [0.29, 0.717) is 31.4 Å². The summed E-state index contributed by atoms with van der Waals surface area (Å²) in [5, 5.41) is 12.8. The average Bonchev–Trinajstić information content (AvgIpc) is 2.40. The number of nitro groups is 1. The fraction of sp³-hybridized carbons (Fsp3) is 0.308. The Labute approximate surface area is 114 Å². The lowest BCUT2D eigenvalue weighted by Gasteiger charge is -2.06.